The molecule has 1 aromatic carbocycles. The van der Waals surface area contributed by atoms with Crippen molar-refractivity contribution in [1.82, 2.24) is 4.48 Å². The van der Waals surface area contributed by atoms with Gasteiger partial charge in [0.15, 0.2) is 0 Å². The van der Waals surface area contributed by atoms with Gasteiger partial charge in [0.25, 0.3) is 0 Å². The van der Waals surface area contributed by atoms with E-state index in [-0.39, 0.29) is 51.3 Å². The zero-order chi connectivity index (χ0) is 8.32. The van der Waals surface area contributed by atoms with Crippen LogP contribution in [0.2, 0.25) is 0 Å². The van der Waals surface area contributed by atoms with Gasteiger partial charge in [0.2, 0.25) is 0 Å². The number of quaternary nitrogens is 1. The second-order valence-electron chi connectivity index (χ2n) is 3.34. The van der Waals surface area contributed by atoms with Crippen LogP contribution in [0.5, 0.6) is 0 Å². The monoisotopic (exact) mass is 335 g/mol. The van der Waals surface area contributed by atoms with Gasteiger partial charge in [-0.25, -0.2) is 0 Å². The van der Waals surface area contributed by atoms with Crippen LogP contribution in [0, 0.1) is 0 Å². The molecular weight excluding hydrogens is 321 g/mol. The van der Waals surface area contributed by atoms with E-state index in [1.54, 1.807) is 0 Å². The Labute approximate surface area is 119 Å². The van der Waals surface area contributed by atoms with E-state index in [9.17, 15) is 0 Å². The van der Waals surface area contributed by atoms with Gasteiger partial charge < -0.3 is 34.0 Å². The molecule has 0 bridgehead atoms. The first-order chi connectivity index (χ1) is 5.17. The molecule has 0 spiro atoms. The number of hydrogen-bond acceptors (Lipinski definition) is 0. The Kier molecular flexibility index (Phi) is 12.9. The average molecular weight is 337 g/mol. The molecule has 0 fully saturated rings. The van der Waals surface area contributed by atoms with Gasteiger partial charge in [-0.1, -0.05) is 18.2 Å². The topological polar surface area (TPSA) is 0 Å². The van der Waals surface area contributed by atoms with E-state index in [2.05, 4.69) is 51.4 Å². The van der Waals surface area contributed by atoms with Gasteiger partial charge in [-0.15, -0.1) is 0 Å². The molecule has 0 aromatic heterocycles. The molecule has 0 aliphatic heterocycles. The predicted octanol–water partition coefficient (Wildman–Crippen LogP) is -4.10. The predicted molar refractivity (Wildman–Crippen MR) is 56.4 cm³/mol. The summed E-state index contributed by atoms with van der Waals surface area (Å²) in [5, 5.41) is 0. The maximum Gasteiger partial charge on any atom is 1.00 e. The van der Waals surface area contributed by atoms with E-state index in [0.29, 0.717) is 0 Å². The number of hydrogen-bond donors (Lipinski definition) is 0. The summed E-state index contributed by atoms with van der Waals surface area (Å²) in [6, 6.07) is 10.6. The van der Waals surface area contributed by atoms with Crippen LogP contribution in [0.15, 0.2) is 30.3 Å². The standard InChI is InChI=1S/C10H16N.Al.2BrH/c1-4-11(2,3)10-8-6-5-7-9-10;;;/h5-9H,4H2,1-3H3;;2*1H/q2*+1;;/p-2. The summed E-state index contributed by atoms with van der Waals surface area (Å²) in [5.41, 5.74) is 1.37. The summed E-state index contributed by atoms with van der Waals surface area (Å²) >= 11 is 0. The van der Waals surface area contributed by atoms with Gasteiger partial charge in [-0.2, -0.15) is 0 Å². The summed E-state index contributed by atoms with van der Waals surface area (Å²) in [5.74, 6) is 0. The maximum atomic E-state index is 2.22. The first-order valence-corrected chi connectivity index (χ1v) is 4.05. The molecule has 0 atom stereocenters. The SMILES string of the molecule is CC[N+](C)(C)c1ccccc1.[Al+].[Br-].[Br-]. The Balaban J connectivity index is -0.000000403. The van der Waals surface area contributed by atoms with Gasteiger partial charge in [0.1, 0.15) is 5.69 Å². The van der Waals surface area contributed by atoms with Crippen LogP contribution in [0.25, 0.3) is 0 Å². The molecular formula is C10H16AlBr2N. The van der Waals surface area contributed by atoms with Crippen LogP contribution in [0.1, 0.15) is 6.92 Å². The fraction of sp³-hybridized carbons (Fsp3) is 0.400. The van der Waals surface area contributed by atoms with E-state index >= 15 is 0 Å². The van der Waals surface area contributed by atoms with Crippen LogP contribution in [0.3, 0.4) is 0 Å². The smallest absolute Gasteiger partial charge is 1.00 e. The summed E-state index contributed by atoms with van der Waals surface area (Å²) < 4.78 is 0.959. The minimum Gasteiger partial charge on any atom is -1.00 e. The van der Waals surface area contributed by atoms with Gasteiger partial charge in [-0.3, -0.25) is 4.48 Å². The molecule has 1 rings (SSSR count). The Morgan fingerprint density at radius 3 is 1.79 bits per heavy atom. The molecule has 0 heterocycles. The van der Waals surface area contributed by atoms with Crippen molar-refractivity contribution in [2.45, 2.75) is 6.92 Å². The molecule has 0 amide bonds. The van der Waals surface area contributed by atoms with Crippen molar-refractivity contribution < 1.29 is 34.0 Å². The Morgan fingerprint density at radius 2 is 1.43 bits per heavy atom. The molecule has 0 saturated heterocycles. The molecule has 1 aromatic rings. The van der Waals surface area contributed by atoms with Crippen molar-refractivity contribution in [3.8, 4) is 0 Å². The van der Waals surface area contributed by atoms with Gasteiger partial charge in [0, 0.05) is 0 Å². The van der Waals surface area contributed by atoms with Crippen molar-refractivity contribution in [3.05, 3.63) is 30.3 Å². The molecule has 0 aliphatic rings. The van der Waals surface area contributed by atoms with E-state index < -0.39 is 0 Å². The maximum absolute atomic E-state index is 2.22. The molecule has 0 N–H and O–H groups in total. The zero-order valence-electron chi connectivity index (χ0n) is 8.87. The average Bonchev–Trinajstić information content (AvgIpc) is 2.06. The normalized spacial score (nSPS) is 9.07. The van der Waals surface area contributed by atoms with Crippen molar-refractivity contribution in [1.29, 1.82) is 0 Å². The van der Waals surface area contributed by atoms with Crippen LogP contribution in [-0.2, 0) is 0 Å². The van der Waals surface area contributed by atoms with Crippen molar-refractivity contribution in [2.75, 3.05) is 20.6 Å². The van der Waals surface area contributed by atoms with Crippen molar-refractivity contribution in [2.24, 2.45) is 0 Å². The molecule has 14 heavy (non-hydrogen) atoms. The second kappa shape index (κ2) is 8.94. The summed E-state index contributed by atoms with van der Waals surface area (Å²) in [7, 11) is 4.44. The summed E-state index contributed by atoms with van der Waals surface area (Å²) in [4.78, 5) is 0. The quantitative estimate of drug-likeness (QED) is 0.380. The molecule has 4 heteroatoms. The molecule has 0 saturated carbocycles. The Bertz CT molecular complexity index is 227. The van der Waals surface area contributed by atoms with Crippen LogP contribution < -0.4 is 38.4 Å². The summed E-state index contributed by atoms with van der Waals surface area (Å²) in [6.45, 7) is 3.33. The fourth-order valence-corrected chi connectivity index (χ4v) is 1.01. The number of nitrogens with zero attached hydrogens (tertiary/aromatic N) is 1. The largest absolute Gasteiger partial charge is 1.00 e. The molecule has 1 nitrogen and oxygen atoms in total. The first kappa shape index (κ1) is 20.1. The van der Waals surface area contributed by atoms with E-state index in [1.807, 2.05) is 0 Å². The number of benzene rings is 1. The fourth-order valence-electron chi connectivity index (χ4n) is 1.01. The number of para-hydroxylation sites is 1. The minimum atomic E-state index is 0. The third-order valence-electron chi connectivity index (χ3n) is 2.25. The molecule has 78 valence electrons. The summed E-state index contributed by atoms with van der Waals surface area (Å²) in [6.07, 6.45) is 0. The van der Waals surface area contributed by atoms with Gasteiger partial charge >= 0.3 is 17.4 Å². The van der Waals surface area contributed by atoms with Gasteiger partial charge in [-0.05, 0) is 19.1 Å². The number of rotatable bonds is 2. The Morgan fingerprint density at radius 1 is 1.00 bits per heavy atom. The third kappa shape index (κ3) is 5.53. The van der Waals surface area contributed by atoms with Crippen molar-refractivity contribution in [3.63, 3.8) is 0 Å². The third-order valence-corrected chi connectivity index (χ3v) is 2.25. The molecule has 0 aliphatic carbocycles. The second-order valence-corrected chi connectivity index (χ2v) is 3.34. The number of halogens is 2. The van der Waals surface area contributed by atoms with E-state index in [0.717, 1.165) is 11.0 Å². The van der Waals surface area contributed by atoms with Gasteiger partial charge in [0.05, 0.1) is 20.6 Å². The van der Waals surface area contributed by atoms with Crippen LogP contribution in [0.4, 0.5) is 5.69 Å². The van der Waals surface area contributed by atoms with E-state index in [4.69, 9.17) is 0 Å². The van der Waals surface area contributed by atoms with Crippen molar-refractivity contribution >= 4 is 23.0 Å². The van der Waals surface area contributed by atoms with Crippen LogP contribution >= 0.6 is 0 Å². The van der Waals surface area contributed by atoms with Crippen LogP contribution in [-0.4, -0.2) is 38.0 Å². The molecule has 0 unspecified atom stereocenters. The zero-order valence-corrected chi connectivity index (χ0v) is 13.2. The first-order valence-electron chi connectivity index (χ1n) is 4.05. The Hall–Kier alpha value is 0.672. The minimum absolute atomic E-state index is 0. The molecule has 2 radical (unpaired) electrons. The van der Waals surface area contributed by atoms with E-state index in [1.165, 1.54) is 5.69 Å².